The van der Waals surface area contributed by atoms with E-state index in [0.717, 1.165) is 16.8 Å². The van der Waals surface area contributed by atoms with Crippen LogP contribution in [0.15, 0.2) is 42.0 Å². The number of hydrogen-bond donors (Lipinski definition) is 1. The third-order valence-electron chi connectivity index (χ3n) is 5.18. The number of fused-ring (bicyclic) bond motifs is 1. The number of halogens is 3. The Hall–Kier alpha value is -2.45. The molecule has 30 heavy (non-hydrogen) atoms. The number of amides is 1. The first-order chi connectivity index (χ1) is 14.0. The minimum atomic E-state index is -0.582. The highest BCUT2D eigenvalue weighted by atomic mass is 35.5. The van der Waals surface area contributed by atoms with Gasteiger partial charge in [0.15, 0.2) is 0 Å². The zero-order chi connectivity index (χ0) is 22.2. The van der Waals surface area contributed by atoms with Crippen LogP contribution in [0.2, 0.25) is 15.1 Å². The van der Waals surface area contributed by atoms with Gasteiger partial charge in [0.05, 0.1) is 16.2 Å². The summed E-state index contributed by atoms with van der Waals surface area (Å²) in [5.41, 5.74) is 3.83. The van der Waals surface area contributed by atoms with Crippen LogP contribution in [0.1, 0.15) is 31.9 Å². The molecular formula is C23H20Cl3N3O. The molecule has 1 heterocycles. The number of nitrogens with zero attached hydrogens (tertiary/aromatic N) is 2. The van der Waals surface area contributed by atoms with Gasteiger partial charge < -0.3 is 10.2 Å². The molecule has 1 aliphatic heterocycles. The van der Waals surface area contributed by atoms with Crippen LogP contribution in [0.3, 0.4) is 0 Å². The molecule has 0 atom stereocenters. The van der Waals surface area contributed by atoms with E-state index in [1.165, 1.54) is 12.1 Å². The largest absolute Gasteiger partial charge is 0.365 e. The molecule has 3 rings (SSSR count). The summed E-state index contributed by atoms with van der Waals surface area (Å²) < 4.78 is 0. The van der Waals surface area contributed by atoms with Gasteiger partial charge in [-0.2, -0.15) is 5.26 Å². The third-order valence-corrected chi connectivity index (χ3v) is 6.05. The Kier molecular flexibility index (Phi) is 6.19. The van der Waals surface area contributed by atoms with E-state index < -0.39 is 5.91 Å². The van der Waals surface area contributed by atoms with Gasteiger partial charge in [-0.25, -0.2) is 0 Å². The minimum Gasteiger partial charge on any atom is -0.365 e. The zero-order valence-corrected chi connectivity index (χ0v) is 19.2. The van der Waals surface area contributed by atoms with Crippen molar-refractivity contribution in [2.24, 2.45) is 0 Å². The van der Waals surface area contributed by atoms with E-state index in [0.29, 0.717) is 21.3 Å². The Morgan fingerprint density at radius 2 is 1.87 bits per heavy atom. The molecule has 0 saturated carbocycles. The Bertz CT molecular complexity index is 1140. The number of rotatable bonds is 3. The van der Waals surface area contributed by atoms with Crippen molar-refractivity contribution < 1.29 is 4.79 Å². The maximum atomic E-state index is 12.6. The minimum absolute atomic E-state index is 0.0889. The highest BCUT2D eigenvalue weighted by Gasteiger charge is 2.29. The molecule has 1 amide bonds. The van der Waals surface area contributed by atoms with Crippen LogP contribution >= 0.6 is 34.8 Å². The zero-order valence-electron chi connectivity index (χ0n) is 17.0. The van der Waals surface area contributed by atoms with Crippen LogP contribution in [0, 0.1) is 11.3 Å². The van der Waals surface area contributed by atoms with E-state index in [-0.39, 0.29) is 16.1 Å². The number of carbonyl (C=O) groups excluding carboxylic acids is 1. The van der Waals surface area contributed by atoms with Crippen molar-refractivity contribution in [3.05, 3.63) is 68.2 Å². The van der Waals surface area contributed by atoms with E-state index in [2.05, 4.69) is 30.1 Å². The smallest absolute Gasteiger partial charge is 0.266 e. The second-order valence-corrected chi connectivity index (χ2v) is 8.93. The van der Waals surface area contributed by atoms with Crippen LogP contribution in [-0.4, -0.2) is 18.5 Å². The van der Waals surface area contributed by atoms with Gasteiger partial charge in [-0.05, 0) is 68.3 Å². The summed E-state index contributed by atoms with van der Waals surface area (Å²) in [6.45, 7) is 6.29. The first-order valence-corrected chi connectivity index (χ1v) is 10.3. The lowest BCUT2D eigenvalue weighted by Gasteiger charge is -2.40. The van der Waals surface area contributed by atoms with Crippen LogP contribution in [0.5, 0.6) is 0 Å². The van der Waals surface area contributed by atoms with Crippen LogP contribution in [0.25, 0.3) is 11.6 Å². The van der Waals surface area contributed by atoms with Crippen molar-refractivity contribution >= 4 is 63.7 Å². The molecule has 7 heteroatoms. The fourth-order valence-electron chi connectivity index (χ4n) is 3.38. The summed E-state index contributed by atoms with van der Waals surface area (Å²) in [7, 11) is 2.01. The number of hydrogen-bond acceptors (Lipinski definition) is 3. The fourth-order valence-corrected chi connectivity index (χ4v) is 4.05. The van der Waals surface area contributed by atoms with Gasteiger partial charge >= 0.3 is 0 Å². The lowest BCUT2D eigenvalue weighted by Crippen LogP contribution is -2.42. The molecule has 0 bridgehead atoms. The molecule has 2 aromatic rings. The molecule has 1 N–H and O–H groups in total. The lowest BCUT2D eigenvalue weighted by atomic mass is 9.88. The maximum absolute atomic E-state index is 12.6. The van der Waals surface area contributed by atoms with Gasteiger partial charge in [0.2, 0.25) is 0 Å². The van der Waals surface area contributed by atoms with Gasteiger partial charge in [0, 0.05) is 28.3 Å². The molecule has 0 aliphatic carbocycles. The number of carbonyl (C=O) groups is 1. The van der Waals surface area contributed by atoms with Crippen molar-refractivity contribution in [2.45, 2.75) is 26.3 Å². The molecule has 0 unspecified atom stereocenters. The van der Waals surface area contributed by atoms with Gasteiger partial charge in [-0.1, -0.05) is 40.9 Å². The van der Waals surface area contributed by atoms with Crippen molar-refractivity contribution in [3.8, 4) is 6.07 Å². The third kappa shape index (κ3) is 4.34. The second-order valence-electron chi connectivity index (χ2n) is 7.68. The van der Waals surface area contributed by atoms with Crippen molar-refractivity contribution in [3.63, 3.8) is 0 Å². The SMILES string of the molecule is CC1=CC(C)(C)N(C)c2cc(Cl)c(/C=C(/C#N)C(=O)Nc3ccc(Cl)cc3Cl)cc21. The van der Waals surface area contributed by atoms with Crippen LogP contribution in [0.4, 0.5) is 11.4 Å². The van der Waals surface area contributed by atoms with Crippen molar-refractivity contribution in [2.75, 3.05) is 17.3 Å². The number of anilines is 2. The van der Waals surface area contributed by atoms with Gasteiger partial charge in [0.1, 0.15) is 11.6 Å². The summed E-state index contributed by atoms with van der Waals surface area (Å²) in [5, 5.41) is 13.4. The molecular weight excluding hydrogens is 441 g/mol. The fraction of sp³-hybridized carbons (Fsp3) is 0.217. The second kappa shape index (κ2) is 8.35. The number of allylic oxidation sites excluding steroid dienone is 1. The van der Waals surface area contributed by atoms with E-state index >= 15 is 0 Å². The average Bonchev–Trinajstić information content (AvgIpc) is 2.66. The first kappa shape index (κ1) is 22.2. The molecule has 0 spiro atoms. The molecule has 4 nitrogen and oxygen atoms in total. The van der Waals surface area contributed by atoms with Crippen molar-refractivity contribution in [1.29, 1.82) is 5.26 Å². The maximum Gasteiger partial charge on any atom is 0.266 e. The summed E-state index contributed by atoms with van der Waals surface area (Å²) in [6, 6.07) is 10.4. The van der Waals surface area contributed by atoms with Gasteiger partial charge in [-0.3, -0.25) is 4.79 Å². The molecule has 0 fully saturated rings. The number of nitrogens with one attached hydrogen (secondary N) is 1. The molecule has 0 radical (unpaired) electrons. The predicted molar refractivity (Wildman–Crippen MR) is 126 cm³/mol. The van der Waals surface area contributed by atoms with Crippen LogP contribution in [-0.2, 0) is 4.79 Å². The number of benzene rings is 2. The highest BCUT2D eigenvalue weighted by molar-refractivity contribution is 6.37. The van der Waals surface area contributed by atoms with Gasteiger partial charge in [-0.15, -0.1) is 0 Å². The summed E-state index contributed by atoms with van der Waals surface area (Å²) in [4.78, 5) is 14.8. The molecule has 2 aromatic carbocycles. The first-order valence-electron chi connectivity index (χ1n) is 9.19. The highest BCUT2D eigenvalue weighted by Crippen LogP contribution is 2.41. The summed E-state index contributed by atoms with van der Waals surface area (Å²) >= 11 is 18.5. The van der Waals surface area contributed by atoms with Crippen molar-refractivity contribution in [1.82, 2.24) is 0 Å². The topological polar surface area (TPSA) is 56.1 Å². The average molecular weight is 461 g/mol. The van der Waals surface area contributed by atoms with E-state index in [9.17, 15) is 10.1 Å². The van der Waals surface area contributed by atoms with E-state index in [1.807, 2.05) is 32.2 Å². The van der Waals surface area contributed by atoms with E-state index in [4.69, 9.17) is 34.8 Å². The lowest BCUT2D eigenvalue weighted by molar-refractivity contribution is -0.112. The summed E-state index contributed by atoms with van der Waals surface area (Å²) in [6.07, 6.45) is 3.66. The Labute approximate surface area is 191 Å². The molecule has 0 aromatic heterocycles. The molecule has 1 aliphatic rings. The number of likely N-dealkylation sites (N-methyl/N-ethyl adjacent to an activating group) is 1. The Morgan fingerprint density at radius 3 is 2.50 bits per heavy atom. The standard InChI is InChI=1S/C23H20Cl3N3O/c1-13-11-23(2,3)29(4)21-10-18(25)14(8-17(13)21)7-15(12-27)22(30)28-20-6-5-16(24)9-19(20)26/h5-11H,1-4H3,(H,28,30)/b15-7-. The normalized spacial score (nSPS) is 15.2. The Balaban J connectivity index is 1.98. The van der Waals surface area contributed by atoms with Gasteiger partial charge in [0.25, 0.3) is 5.91 Å². The monoisotopic (exact) mass is 459 g/mol. The van der Waals surface area contributed by atoms with E-state index in [1.54, 1.807) is 12.1 Å². The number of nitriles is 1. The predicted octanol–water partition coefficient (Wildman–Crippen LogP) is 6.82. The van der Waals surface area contributed by atoms with Crippen LogP contribution < -0.4 is 10.2 Å². The summed E-state index contributed by atoms with van der Waals surface area (Å²) in [5.74, 6) is -0.582. The quantitative estimate of drug-likeness (QED) is 0.403. The molecule has 154 valence electrons. The Morgan fingerprint density at radius 1 is 1.17 bits per heavy atom. The molecule has 0 saturated heterocycles.